The second-order valence-corrected chi connectivity index (χ2v) is 3.20. The highest BCUT2D eigenvalue weighted by atomic mass is 15.4. The Balaban J connectivity index is 2.14. The third-order valence-corrected chi connectivity index (χ3v) is 1.64. The van der Waals surface area contributed by atoms with Crippen molar-refractivity contribution in [3.63, 3.8) is 0 Å². The summed E-state index contributed by atoms with van der Waals surface area (Å²) in [6.45, 7) is 5.47. The van der Waals surface area contributed by atoms with Crippen molar-refractivity contribution < 1.29 is 0 Å². The van der Waals surface area contributed by atoms with Crippen LogP contribution in [0.25, 0.3) is 0 Å². The molecule has 1 heterocycles. The van der Waals surface area contributed by atoms with Crippen molar-refractivity contribution in [2.75, 3.05) is 0 Å². The first kappa shape index (κ1) is 8.24. The number of aromatic nitrogens is 3. The molecule has 0 aliphatic rings. The molecule has 3 heteroatoms. The van der Waals surface area contributed by atoms with Gasteiger partial charge in [-0.15, -0.1) is 5.10 Å². The van der Waals surface area contributed by atoms with Crippen molar-refractivity contribution in [1.29, 1.82) is 0 Å². The Hall–Kier alpha value is -0.860. The second kappa shape index (κ2) is 4.11. The van der Waals surface area contributed by atoms with Gasteiger partial charge in [-0.05, 0) is 18.8 Å². The summed E-state index contributed by atoms with van der Waals surface area (Å²) < 4.78 is 1.88. The topological polar surface area (TPSA) is 30.7 Å². The zero-order valence-corrected chi connectivity index (χ0v) is 7.20. The van der Waals surface area contributed by atoms with Crippen LogP contribution in [0.3, 0.4) is 0 Å². The highest BCUT2D eigenvalue weighted by Crippen LogP contribution is 2.03. The molecule has 0 saturated heterocycles. The third-order valence-electron chi connectivity index (χ3n) is 1.64. The summed E-state index contributed by atoms with van der Waals surface area (Å²) >= 11 is 0. The molecule has 0 bridgehead atoms. The SMILES string of the molecule is CC(C)CCCn1ccnn1. The molecule has 0 aliphatic carbocycles. The predicted octanol–water partition coefficient (Wildman–Crippen LogP) is 1.71. The lowest BCUT2D eigenvalue weighted by Crippen LogP contribution is -2.00. The Morgan fingerprint density at radius 3 is 2.82 bits per heavy atom. The van der Waals surface area contributed by atoms with Gasteiger partial charge in [-0.3, -0.25) is 4.68 Å². The molecule has 1 aromatic heterocycles. The maximum atomic E-state index is 3.88. The summed E-state index contributed by atoms with van der Waals surface area (Å²) in [4.78, 5) is 0. The lowest BCUT2D eigenvalue weighted by molar-refractivity contribution is 0.482. The molecule has 0 N–H and O–H groups in total. The molecule has 0 spiro atoms. The van der Waals surface area contributed by atoms with E-state index < -0.39 is 0 Å². The van der Waals surface area contributed by atoms with Crippen LogP contribution in [0, 0.1) is 5.92 Å². The molecule has 0 fully saturated rings. The smallest absolute Gasteiger partial charge is 0.0692 e. The summed E-state index contributed by atoms with van der Waals surface area (Å²) in [7, 11) is 0. The van der Waals surface area contributed by atoms with E-state index >= 15 is 0 Å². The molecular weight excluding hydrogens is 138 g/mol. The molecular formula is C8H15N3. The minimum atomic E-state index is 0.790. The number of hydrogen-bond acceptors (Lipinski definition) is 2. The molecule has 3 nitrogen and oxygen atoms in total. The quantitative estimate of drug-likeness (QED) is 0.659. The van der Waals surface area contributed by atoms with Gasteiger partial charge in [0, 0.05) is 12.7 Å². The molecule has 0 saturated carbocycles. The van der Waals surface area contributed by atoms with E-state index in [1.165, 1.54) is 12.8 Å². The largest absolute Gasteiger partial charge is 0.253 e. The number of hydrogen-bond donors (Lipinski definition) is 0. The van der Waals surface area contributed by atoms with Crippen LogP contribution < -0.4 is 0 Å². The monoisotopic (exact) mass is 153 g/mol. The van der Waals surface area contributed by atoms with Gasteiger partial charge in [0.25, 0.3) is 0 Å². The number of rotatable bonds is 4. The van der Waals surface area contributed by atoms with Gasteiger partial charge in [-0.25, -0.2) is 0 Å². The molecule has 62 valence electrons. The van der Waals surface area contributed by atoms with E-state index in [1.807, 2.05) is 10.9 Å². The predicted molar refractivity (Wildman–Crippen MR) is 44.1 cm³/mol. The van der Waals surface area contributed by atoms with Gasteiger partial charge in [0.15, 0.2) is 0 Å². The molecule has 0 aromatic carbocycles. The lowest BCUT2D eigenvalue weighted by Gasteiger charge is -2.02. The maximum absolute atomic E-state index is 3.88. The van der Waals surface area contributed by atoms with Crippen LogP contribution in [0.2, 0.25) is 0 Å². The molecule has 11 heavy (non-hydrogen) atoms. The number of aryl methyl sites for hydroxylation is 1. The fraction of sp³-hybridized carbons (Fsp3) is 0.750. The van der Waals surface area contributed by atoms with Crippen LogP contribution >= 0.6 is 0 Å². The Morgan fingerprint density at radius 2 is 2.27 bits per heavy atom. The summed E-state index contributed by atoms with van der Waals surface area (Å²) in [5.74, 6) is 0.790. The average molecular weight is 153 g/mol. The van der Waals surface area contributed by atoms with Crippen molar-refractivity contribution in [1.82, 2.24) is 15.0 Å². The zero-order valence-electron chi connectivity index (χ0n) is 7.20. The zero-order chi connectivity index (χ0) is 8.10. The third kappa shape index (κ3) is 3.16. The fourth-order valence-corrected chi connectivity index (χ4v) is 1.01. The molecule has 1 aromatic rings. The van der Waals surface area contributed by atoms with Crippen molar-refractivity contribution in [2.45, 2.75) is 33.2 Å². The summed E-state index contributed by atoms with van der Waals surface area (Å²) in [5, 5.41) is 7.61. The van der Waals surface area contributed by atoms with Gasteiger partial charge in [-0.2, -0.15) is 0 Å². The van der Waals surface area contributed by atoms with E-state index in [1.54, 1.807) is 6.20 Å². The Bertz CT molecular complexity index is 179. The van der Waals surface area contributed by atoms with Crippen LogP contribution in [0.1, 0.15) is 26.7 Å². The Kier molecular flexibility index (Phi) is 3.08. The van der Waals surface area contributed by atoms with Gasteiger partial charge in [0.2, 0.25) is 0 Å². The summed E-state index contributed by atoms with van der Waals surface area (Å²) in [6, 6.07) is 0. The first-order valence-electron chi connectivity index (χ1n) is 4.13. The van der Waals surface area contributed by atoms with Crippen LogP contribution in [0.4, 0.5) is 0 Å². The fourth-order valence-electron chi connectivity index (χ4n) is 1.01. The average Bonchev–Trinajstić information content (AvgIpc) is 2.39. The van der Waals surface area contributed by atoms with Crippen LogP contribution in [0.15, 0.2) is 12.4 Å². The van der Waals surface area contributed by atoms with Crippen LogP contribution in [-0.2, 0) is 6.54 Å². The van der Waals surface area contributed by atoms with Crippen molar-refractivity contribution in [3.8, 4) is 0 Å². The van der Waals surface area contributed by atoms with Crippen LogP contribution in [0.5, 0.6) is 0 Å². The van der Waals surface area contributed by atoms with Crippen LogP contribution in [-0.4, -0.2) is 15.0 Å². The van der Waals surface area contributed by atoms with Crippen molar-refractivity contribution in [3.05, 3.63) is 12.4 Å². The van der Waals surface area contributed by atoms with E-state index in [2.05, 4.69) is 24.2 Å². The first-order valence-corrected chi connectivity index (χ1v) is 4.13. The minimum Gasteiger partial charge on any atom is -0.253 e. The molecule has 0 unspecified atom stereocenters. The van der Waals surface area contributed by atoms with Gasteiger partial charge < -0.3 is 0 Å². The van der Waals surface area contributed by atoms with E-state index in [-0.39, 0.29) is 0 Å². The maximum Gasteiger partial charge on any atom is 0.0692 e. The second-order valence-electron chi connectivity index (χ2n) is 3.20. The standard InChI is InChI=1S/C8H15N3/c1-8(2)4-3-6-11-7-5-9-10-11/h5,7-8H,3-4,6H2,1-2H3. The van der Waals surface area contributed by atoms with E-state index in [0.29, 0.717) is 0 Å². The Labute approximate surface area is 67.4 Å². The van der Waals surface area contributed by atoms with E-state index in [4.69, 9.17) is 0 Å². The van der Waals surface area contributed by atoms with E-state index in [9.17, 15) is 0 Å². The first-order chi connectivity index (χ1) is 5.29. The normalized spacial score (nSPS) is 10.8. The van der Waals surface area contributed by atoms with Gasteiger partial charge in [0.05, 0.1) is 6.20 Å². The molecule has 0 aliphatic heterocycles. The minimum absolute atomic E-state index is 0.790. The summed E-state index contributed by atoms with van der Waals surface area (Å²) in [6.07, 6.45) is 6.08. The highest BCUT2D eigenvalue weighted by Gasteiger charge is 1.94. The van der Waals surface area contributed by atoms with E-state index in [0.717, 1.165) is 12.5 Å². The highest BCUT2D eigenvalue weighted by molar-refractivity contribution is 4.63. The number of nitrogens with zero attached hydrogens (tertiary/aromatic N) is 3. The summed E-state index contributed by atoms with van der Waals surface area (Å²) in [5.41, 5.74) is 0. The molecule has 0 atom stereocenters. The Morgan fingerprint density at radius 1 is 1.45 bits per heavy atom. The van der Waals surface area contributed by atoms with Gasteiger partial charge in [-0.1, -0.05) is 19.1 Å². The molecule has 0 amide bonds. The lowest BCUT2D eigenvalue weighted by atomic mass is 10.1. The molecule has 0 radical (unpaired) electrons. The van der Waals surface area contributed by atoms with Gasteiger partial charge >= 0.3 is 0 Å². The molecule has 1 rings (SSSR count). The van der Waals surface area contributed by atoms with Gasteiger partial charge in [0.1, 0.15) is 0 Å². The van der Waals surface area contributed by atoms with Crippen molar-refractivity contribution in [2.24, 2.45) is 5.92 Å². The van der Waals surface area contributed by atoms with Crippen molar-refractivity contribution >= 4 is 0 Å².